The van der Waals surface area contributed by atoms with Gasteiger partial charge in [0.05, 0.1) is 18.9 Å². The van der Waals surface area contributed by atoms with Crippen LogP contribution in [-0.2, 0) is 4.74 Å². The van der Waals surface area contributed by atoms with E-state index < -0.39 is 23.1 Å². The number of morpholine rings is 1. The Bertz CT molecular complexity index is 872. The van der Waals surface area contributed by atoms with Crippen LogP contribution >= 0.6 is 0 Å². The summed E-state index contributed by atoms with van der Waals surface area (Å²) >= 11 is 0. The van der Waals surface area contributed by atoms with Crippen LogP contribution in [0.3, 0.4) is 0 Å². The molecular weight excluding hydrogens is 356 g/mol. The van der Waals surface area contributed by atoms with Crippen LogP contribution in [0.15, 0.2) is 35.1 Å². The maximum absolute atomic E-state index is 13.5. The molecule has 0 radical (unpaired) electrons. The van der Waals surface area contributed by atoms with Gasteiger partial charge in [0.2, 0.25) is 0 Å². The highest BCUT2D eigenvalue weighted by Gasteiger charge is 2.16. The molecule has 1 N–H and O–H groups in total. The van der Waals surface area contributed by atoms with Crippen LogP contribution in [0.5, 0.6) is 0 Å². The van der Waals surface area contributed by atoms with E-state index in [1.165, 1.54) is 6.07 Å². The van der Waals surface area contributed by atoms with E-state index in [1.807, 2.05) is 0 Å². The van der Waals surface area contributed by atoms with Crippen molar-refractivity contribution in [3.05, 3.63) is 63.6 Å². The van der Waals surface area contributed by atoms with Crippen molar-refractivity contribution in [2.75, 3.05) is 39.4 Å². The number of pyridine rings is 1. The molecule has 0 spiro atoms. The van der Waals surface area contributed by atoms with Crippen molar-refractivity contribution in [1.82, 2.24) is 14.8 Å². The number of carbonyl (C=O) groups excluding carboxylic acids is 1. The fourth-order valence-corrected chi connectivity index (χ4v) is 3.04. The molecule has 0 unspecified atom stereocenters. The number of hydrogen-bond acceptors (Lipinski definition) is 4. The van der Waals surface area contributed by atoms with Crippen molar-refractivity contribution in [3.8, 4) is 5.69 Å². The van der Waals surface area contributed by atoms with Gasteiger partial charge in [-0.05, 0) is 31.2 Å². The first-order chi connectivity index (χ1) is 13.0. The lowest BCUT2D eigenvalue weighted by Gasteiger charge is -2.26. The predicted octanol–water partition coefficient (Wildman–Crippen LogP) is 1.49. The van der Waals surface area contributed by atoms with E-state index in [1.54, 1.807) is 13.0 Å². The molecular formula is C19H21F2N3O3. The minimum Gasteiger partial charge on any atom is -0.379 e. The molecule has 1 aliphatic heterocycles. The Labute approximate surface area is 155 Å². The molecule has 6 nitrogen and oxygen atoms in total. The topological polar surface area (TPSA) is 63.6 Å². The number of hydrogen-bond donors (Lipinski definition) is 1. The average Bonchev–Trinajstić information content (AvgIpc) is 2.62. The van der Waals surface area contributed by atoms with E-state index in [0.29, 0.717) is 32.0 Å². The third kappa shape index (κ3) is 4.58. The third-order valence-electron chi connectivity index (χ3n) is 4.44. The van der Waals surface area contributed by atoms with E-state index in [0.717, 1.165) is 35.9 Å². The van der Waals surface area contributed by atoms with Crippen LogP contribution in [0, 0.1) is 18.6 Å². The molecule has 2 aromatic rings. The van der Waals surface area contributed by atoms with Gasteiger partial charge in [-0.15, -0.1) is 0 Å². The minimum absolute atomic E-state index is 0.0398. The number of amides is 1. The van der Waals surface area contributed by atoms with Crippen molar-refractivity contribution in [2.24, 2.45) is 0 Å². The summed E-state index contributed by atoms with van der Waals surface area (Å²) in [7, 11) is 0. The Morgan fingerprint density at radius 1 is 1.15 bits per heavy atom. The van der Waals surface area contributed by atoms with Gasteiger partial charge >= 0.3 is 0 Å². The summed E-state index contributed by atoms with van der Waals surface area (Å²) in [4.78, 5) is 27.3. The van der Waals surface area contributed by atoms with E-state index in [-0.39, 0.29) is 11.3 Å². The fraction of sp³-hybridized carbons (Fsp3) is 0.368. The van der Waals surface area contributed by atoms with Gasteiger partial charge < -0.3 is 10.1 Å². The van der Waals surface area contributed by atoms with Gasteiger partial charge in [-0.3, -0.25) is 19.1 Å². The van der Waals surface area contributed by atoms with Gasteiger partial charge in [0.15, 0.2) is 0 Å². The number of halogens is 2. The number of rotatable bonds is 5. The highest BCUT2D eigenvalue weighted by atomic mass is 19.1. The Morgan fingerprint density at radius 2 is 1.81 bits per heavy atom. The van der Waals surface area contributed by atoms with Gasteiger partial charge in [-0.25, -0.2) is 8.78 Å². The lowest BCUT2D eigenvalue weighted by molar-refractivity contribution is 0.0383. The van der Waals surface area contributed by atoms with Gasteiger partial charge in [-0.1, -0.05) is 0 Å². The van der Waals surface area contributed by atoms with E-state index >= 15 is 0 Å². The molecule has 1 aromatic carbocycles. The van der Waals surface area contributed by atoms with E-state index in [4.69, 9.17) is 4.74 Å². The van der Waals surface area contributed by atoms with Gasteiger partial charge in [0.25, 0.3) is 11.5 Å². The maximum atomic E-state index is 13.5. The molecule has 1 aromatic heterocycles. The van der Waals surface area contributed by atoms with Gasteiger partial charge in [-0.2, -0.15) is 0 Å². The van der Waals surface area contributed by atoms with Crippen LogP contribution < -0.4 is 10.9 Å². The van der Waals surface area contributed by atoms with Gasteiger partial charge in [0, 0.05) is 37.9 Å². The molecule has 2 heterocycles. The van der Waals surface area contributed by atoms with Crippen molar-refractivity contribution in [2.45, 2.75) is 6.92 Å². The molecule has 0 aliphatic carbocycles. The Kier molecular flexibility index (Phi) is 5.98. The van der Waals surface area contributed by atoms with Crippen molar-refractivity contribution >= 4 is 5.91 Å². The Balaban J connectivity index is 1.78. The summed E-state index contributed by atoms with van der Waals surface area (Å²) in [5.74, 6) is -2.10. The minimum atomic E-state index is -0.795. The molecule has 1 aliphatic rings. The second-order valence-electron chi connectivity index (χ2n) is 6.37. The number of carbonyl (C=O) groups is 1. The first-order valence-corrected chi connectivity index (χ1v) is 8.73. The van der Waals surface area contributed by atoms with Crippen LogP contribution in [0.25, 0.3) is 5.69 Å². The smallest absolute Gasteiger partial charge is 0.268 e. The number of aryl methyl sites for hydroxylation is 1. The average molecular weight is 377 g/mol. The van der Waals surface area contributed by atoms with Crippen molar-refractivity contribution in [3.63, 3.8) is 0 Å². The van der Waals surface area contributed by atoms with Crippen LogP contribution in [-0.4, -0.2) is 54.8 Å². The second kappa shape index (κ2) is 8.41. The summed E-state index contributed by atoms with van der Waals surface area (Å²) in [6, 6.07) is 5.83. The highest BCUT2D eigenvalue weighted by molar-refractivity contribution is 5.93. The molecule has 144 valence electrons. The van der Waals surface area contributed by atoms with E-state index in [9.17, 15) is 18.4 Å². The molecule has 1 amide bonds. The number of aromatic nitrogens is 1. The van der Waals surface area contributed by atoms with Gasteiger partial charge in [0.1, 0.15) is 17.2 Å². The SMILES string of the molecule is Cc1ccc(C(=O)NCCN2CCOCC2)c(=O)n1-c1cc(F)cc(F)c1. The summed E-state index contributed by atoms with van der Waals surface area (Å²) in [5, 5.41) is 2.73. The summed E-state index contributed by atoms with van der Waals surface area (Å²) in [6.45, 7) is 5.62. The number of nitrogens with one attached hydrogen (secondary N) is 1. The third-order valence-corrected chi connectivity index (χ3v) is 4.44. The Hall–Kier alpha value is -2.58. The summed E-state index contributed by atoms with van der Waals surface area (Å²) in [5.41, 5.74) is -0.191. The standard InChI is InChI=1S/C19H21F2N3O3/c1-13-2-3-17(18(25)22-4-5-23-6-8-27-9-7-23)19(26)24(13)16-11-14(20)10-15(21)12-16/h2-3,10-12H,4-9H2,1H3,(H,22,25). The van der Waals surface area contributed by atoms with Crippen molar-refractivity contribution in [1.29, 1.82) is 0 Å². The number of ether oxygens (including phenoxy) is 1. The molecule has 8 heteroatoms. The molecule has 3 rings (SSSR count). The largest absolute Gasteiger partial charge is 0.379 e. The zero-order valence-corrected chi connectivity index (χ0v) is 15.0. The fourth-order valence-electron chi connectivity index (χ4n) is 3.04. The normalized spacial score (nSPS) is 14.9. The van der Waals surface area contributed by atoms with Crippen LogP contribution in [0.4, 0.5) is 8.78 Å². The Morgan fingerprint density at radius 3 is 2.48 bits per heavy atom. The molecule has 0 bridgehead atoms. The second-order valence-corrected chi connectivity index (χ2v) is 6.37. The predicted molar refractivity (Wildman–Crippen MR) is 96.3 cm³/mol. The molecule has 1 fully saturated rings. The maximum Gasteiger partial charge on any atom is 0.268 e. The zero-order chi connectivity index (χ0) is 19.4. The zero-order valence-electron chi connectivity index (χ0n) is 15.0. The number of benzene rings is 1. The lowest BCUT2D eigenvalue weighted by atomic mass is 10.2. The lowest BCUT2D eigenvalue weighted by Crippen LogP contribution is -2.42. The van der Waals surface area contributed by atoms with E-state index in [2.05, 4.69) is 10.2 Å². The van der Waals surface area contributed by atoms with Crippen molar-refractivity contribution < 1.29 is 18.3 Å². The first-order valence-electron chi connectivity index (χ1n) is 8.73. The monoisotopic (exact) mass is 377 g/mol. The summed E-state index contributed by atoms with van der Waals surface area (Å²) in [6.07, 6.45) is 0. The molecule has 0 atom stereocenters. The molecule has 1 saturated heterocycles. The summed E-state index contributed by atoms with van der Waals surface area (Å²) < 4.78 is 33.5. The van der Waals surface area contributed by atoms with Crippen LogP contribution in [0.1, 0.15) is 16.1 Å². The highest BCUT2D eigenvalue weighted by Crippen LogP contribution is 2.13. The quantitative estimate of drug-likeness (QED) is 0.858. The number of nitrogens with zero attached hydrogens (tertiary/aromatic N) is 2. The van der Waals surface area contributed by atoms with Crippen LogP contribution in [0.2, 0.25) is 0 Å². The first kappa shape index (κ1) is 19.2. The molecule has 27 heavy (non-hydrogen) atoms. The molecule has 0 saturated carbocycles.